The van der Waals surface area contributed by atoms with Crippen LogP contribution in [0.1, 0.15) is 11.1 Å². The van der Waals surface area contributed by atoms with E-state index in [0.29, 0.717) is 0 Å². The summed E-state index contributed by atoms with van der Waals surface area (Å²) in [5.41, 5.74) is 0.543. The number of benzene rings is 2. The third kappa shape index (κ3) is 4.44. The molecule has 8 nitrogen and oxygen atoms in total. The molecule has 0 saturated carbocycles. The Morgan fingerprint density at radius 2 is 1.97 bits per heavy atom. The van der Waals surface area contributed by atoms with Crippen molar-refractivity contribution in [2.45, 2.75) is 12.5 Å². The van der Waals surface area contributed by atoms with E-state index in [-0.39, 0.29) is 32.6 Å². The third-order valence-corrected chi connectivity index (χ3v) is 5.53. The molecule has 29 heavy (non-hydrogen) atoms. The maximum atomic E-state index is 12.9. The zero-order chi connectivity index (χ0) is 21.1. The Hall–Kier alpha value is -3.24. The molecule has 2 aromatic rings. The molecule has 0 aliphatic carbocycles. The van der Waals surface area contributed by atoms with Gasteiger partial charge in [0.2, 0.25) is 0 Å². The van der Waals surface area contributed by atoms with Crippen LogP contribution in [0.3, 0.4) is 0 Å². The van der Waals surface area contributed by atoms with Gasteiger partial charge in [0.15, 0.2) is 0 Å². The zero-order valence-electron chi connectivity index (χ0n) is 14.7. The molecule has 1 atom stereocenters. The fourth-order valence-corrected chi connectivity index (χ4v) is 4.13. The van der Waals surface area contributed by atoms with Crippen LogP contribution in [0.4, 0.5) is 5.69 Å². The number of carboxylic acids is 1. The first kappa shape index (κ1) is 20.5. The van der Waals surface area contributed by atoms with Crippen molar-refractivity contribution in [2.24, 2.45) is 0 Å². The number of amides is 1. The molecular formula is C19H14N2O6S2. The van der Waals surface area contributed by atoms with E-state index in [1.165, 1.54) is 6.08 Å². The second-order valence-corrected chi connectivity index (χ2v) is 7.77. The minimum atomic E-state index is -1.20. The second kappa shape index (κ2) is 8.41. The van der Waals surface area contributed by atoms with E-state index < -0.39 is 22.8 Å². The number of carboxylic acid groups (broad SMARTS) is 1. The highest BCUT2D eigenvalue weighted by atomic mass is 32.2. The van der Waals surface area contributed by atoms with Crippen molar-refractivity contribution in [3.63, 3.8) is 0 Å². The maximum absolute atomic E-state index is 12.9. The molecular weight excluding hydrogens is 416 g/mol. The number of non-ortho nitro benzene ring substituents is 1. The number of nitro groups is 1. The molecule has 1 aliphatic heterocycles. The Morgan fingerprint density at radius 1 is 1.28 bits per heavy atom. The van der Waals surface area contributed by atoms with Crippen LogP contribution in [0.2, 0.25) is 0 Å². The van der Waals surface area contributed by atoms with Gasteiger partial charge in [-0.1, -0.05) is 54.3 Å². The van der Waals surface area contributed by atoms with E-state index in [9.17, 15) is 29.9 Å². The maximum Gasteiger partial charge on any atom is 0.327 e. The van der Waals surface area contributed by atoms with Crippen molar-refractivity contribution < 1.29 is 24.7 Å². The van der Waals surface area contributed by atoms with Crippen LogP contribution in [-0.2, 0) is 16.0 Å². The molecule has 0 aromatic heterocycles. The lowest BCUT2D eigenvalue weighted by molar-refractivity contribution is -0.384. The predicted octanol–water partition coefficient (Wildman–Crippen LogP) is 3.20. The van der Waals surface area contributed by atoms with Gasteiger partial charge in [-0.25, -0.2) is 4.79 Å². The summed E-state index contributed by atoms with van der Waals surface area (Å²) in [4.78, 5) is 36.1. The number of aliphatic carboxylic acids is 1. The lowest BCUT2D eigenvalue weighted by Gasteiger charge is -2.23. The Kier molecular flexibility index (Phi) is 5.95. The SMILES string of the molecule is O=C(O)C(Cc1ccccc1)N1C(=O)/C(=C/c2cc([N+](=O)[O-])ccc2O)SC1=S. The number of carbonyl (C=O) groups is 2. The van der Waals surface area contributed by atoms with Crippen molar-refractivity contribution in [1.29, 1.82) is 0 Å². The van der Waals surface area contributed by atoms with Gasteiger partial charge in [-0.05, 0) is 17.7 Å². The summed E-state index contributed by atoms with van der Waals surface area (Å²) >= 11 is 6.10. The lowest BCUT2D eigenvalue weighted by atomic mass is 10.0. The summed E-state index contributed by atoms with van der Waals surface area (Å²) in [6, 6.07) is 11.1. The van der Waals surface area contributed by atoms with Gasteiger partial charge in [0, 0.05) is 24.1 Å². The smallest absolute Gasteiger partial charge is 0.327 e. The minimum absolute atomic E-state index is 0.0644. The van der Waals surface area contributed by atoms with Crippen LogP contribution < -0.4 is 0 Å². The summed E-state index contributed by atoms with van der Waals surface area (Å²) in [7, 11) is 0. The van der Waals surface area contributed by atoms with Gasteiger partial charge < -0.3 is 10.2 Å². The van der Waals surface area contributed by atoms with Gasteiger partial charge >= 0.3 is 5.97 Å². The minimum Gasteiger partial charge on any atom is -0.507 e. The topological polar surface area (TPSA) is 121 Å². The quantitative estimate of drug-likeness (QED) is 0.310. The van der Waals surface area contributed by atoms with Gasteiger partial charge in [0.1, 0.15) is 16.1 Å². The van der Waals surface area contributed by atoms with Crippen molar-refractivity contribution in [3.05, 3.63) is 74.7 Å². The molecule has 0 spiro atoms. The predicted molar refractivity (Wildman–Crippen MR) is 111 cm³/mol. The van der Waals surface area contributed by atoms with Crippen LogP contribution in [0.15, 0.2) is 53.4 Å². The zero-order valence-corrected chi connectivity index (χ0v) is 16.4. The van der Waals surface area contributed by atoms with Crippen LogP contribution >= 0.6 is 24.0 Å². The van der Waals surface area contributed by atoms with Gasteiger partial charge in [-0.3, -0.25) is 19.8 Å². The van der Waals surface area contributed by atoms with Crippen LogP contribution in [-0.4, -0.2) is 42.3 Å². The Balaban J connectivity index is 1.92. The summed E-state index contributed by atoms with van der Waals surface area (Å²) in [6.07, 6.45) is 1.33. The van der Waals surface area contributed by atoms with E-state index in [1.54, 1.807) is 30.3 Å². The van der Waals surface area contributed by atoms with Crippen molar-refractivity contribution in [3.8, 4) is 5.75 Å². The van der Waals surface area contributed by atoms with Crippen molar-refractivity contribution in [2.75, 3.05) is 0 Å². The molecule has 1 fully saturated rings. The number of thioether (sulfide) groups is 1. The number of nitrogens with zero attached hydrogens (tertiary/aromatic N) is 2. The number of carbonyl (C=O) groups excluding carboxylic acids is 1. The molecule has 1 aliphatic rings. The average molecular weight is 430 g/mol. The number of aromatic hydroxyl groups is 1. The molecule has 0 radical (unpaired) electrons. The first-order chi connectivity index (χ1) is 13.8. The Labute approximate surface area is 174 Å². The van der Waals surface area contributed by atoms with Gasteiger partial charge in [-0.15, -0.1) is 0 Å². The van der Waals surface area contributed by atoms with Crippen LogP contribution in [0.5, 0.6) is 5.75 Å². The summed E-state index contributed by atoms with van der Waals surface area (Å²) in [5, 5.41) is 30.6. The summed E-state index contributed by atoms with van der Waals surface area (Å²) < 4.78 is 0.0644. The Morgan fingerprint density at radius 3 is 2.59 bits per heavy atom. The second-order valence-electron chi connectivity index (χ2n) is 6.10. The molecule has 1 unspecified atom stereocenters. The number of rotatable bonds is 6. The third-order valence-electron chi connectivity index (χ3n) is 4.20. The Bertz CT molecular complexity index is 1040. The van der Waals surface area contributed by atoms with E-state index in [1.807, 2.05) is 0 Å². The molecule has 0 bridgehead atoms. The fourth-order valence-electron chi connectivity index (χ4n) is 2.79. The highest BCUT2D eigenvalue weighted by Gasteiger charge is 2.40. The van der Waals surface area contributed by atoms with E-state index in [2.05, 4.69) is 0 Å². The summed E-state index contributed by atoms with van der Waals surface area (Å²) in [5.74, 6) is -2.08. The largest absolute Gasteiger partial charge is 0.507 e. The number of nitro benzene ring substituents is 1. The van der Waals surface area contributed by atoms with Gasteiger partial charge in [-0.2, -0.15) is 0 Å². The van der Waals surface area contributed by atoms with Crippen molar-refractivity contribution >= 4 is 51.9 Å². The fraction of sp³-hybridized carbons (Fsp3) is 0.105. The molecule has 1 amide bonds. The number of phenols is 1. The average Bonchev–Trinajstić information content (AvgIpc) is 2.95. The van der Waals surface area contributed by atoms with E-state index in [4.69, 9.17) is 12.2 Å². The van der Waals surface area contributed by atoms with Gasteiger partial charge in [0.25, 0.3) is 11.6 Å². The van der Waals surface area contributed by atoms with Crippen LogP contribution in [0, 0.1) is 10.1 Å². The highest BCUT2D eigenvalue weighted by Crippen LogP contribution is 2.36. The van der Waals surface area contributed by atoms with E-state index in [0.717, 1.165) is 40.4 Å². The van der Waals surface area contributed by atoms with Crippen LogP contribution in [0.25, 0.3) is 6.08 Å². The molecule has 2 N–H and O–H groups in total. The summed E-state index contributed by atoms with van der Waals surface area (Å²) in [6.45, 7) is 0. The first-order valence-electron chi connectivity index (χ1n) is 8.29. The van der Waals surface area contributed by atoms with E-state index >= 15 is 0 Å². The molecule has 3 rings (SSSR count). The number of hydrogen-bond acceptors (Lipinski definition) is 7. The molecule has 2 aromatic carbocycles. The lowest BCUT2D eigenvalue weighted by Crippen LogP contribution is -2.45. The molecule has 1 saturated heterocycles. The number of hydrogen-bond donors (Lipinski definition) is 2. The number of phenolic OH excluding ortho intramolecular Hbond substituents is 1. The molecule has 148 valence electrons. The number of thiocarbonyl (C=S) groups is 1. The van der Waals surface area contributed by atoms with Gasteiger partial charge in [0.05, 0.1) is 9.83 Å². The molecule has 1 heterocycles. The standard InChI is InChI=1S/C19H14N2O6S2/c22-15-7-6-13(21(26)27)9-12(15)10-16-17(23)20(19(28)29-16)14(18(24)25)8-11-4-2-1-3-5-11/h1-7,9-10,14,22H,8H2,(H,24,25)/b16-10-. The normalized spacial score (nSPS) is 16.3. The highest BCUT2D eigenvalue weighted by molar-refractivity contribution is 8.26. The molecule has 10 heteroatoms. The van der Waals surface area contributed by atoms with Crippen molar-refractivity contribution in [1.82, 2.24) is 4.90 Å². The monoisotopic (exact) mass is 430 g/mol. The first-order valence-corrected chi connectivity index (χ1v) is 9.51.